The predicted octanol–water partition coefficient (Wildman–Crippen LogP) is 11.1. The van der Waals surface area contributed by atoms with Gasteiger partial charge in [0.15, 0.2) is 0 Å². The van der Waals surface area contributed by atoms with Crippen LogP contribution in [0.25, 0.3) is 0 Å². The van der Waals surface area contributed by atoms with Gasteiger partial charge in [-0.2, -0.15) is 0 Å². The molecule has 0 bridgehead atoms. The number of hydrogen-bond donors (Lipinski definition) is 3. The fourth-order valence-corrected chi connectivity index (χ4v) is 6.14. The Morgan fingerprint density at radius 3 is 1.31 bits per heavy atom. The summed E-state index contributed by atoms with van der Waals surface area (Å²) in [6.07, 6.45) is 37.8. The molecule has 45 heavy (non-hydrogen) atoms. The Labute approximate surface area is 278 Å². The summed E-state index contributed by atoms with van der Waals surface area (Å²) in [5.74, 6) is -0.521. The van der Waals surface area contributed by atoms with Gasteiger partial charge in [-0.05, 0) is 38.5 Å². The van der Waals surface area contributed by atoms with E-state index in [1.807, 2.05) is 0 Å². The lowest BCUT2D eigenvalue weighted by Gasteiger charge is -2.18. The third-order valence-corrected chi connectivity index (χ3v) is 9.14. The summed E-state index contributed by atoms with van der Waals surface area (Å²) in [5, 5.41) is 9.91. The highest BCUT2D eigenvalue weighted by molar-refractivity contribution is 7.46. The number of aliphatic hydroxyl groups is 1. The molecule has 0 saturated carbocycles. The topological polar surface area (TPSA) is 113 Å². The number of phosphoric ester groups is 1. The zero-order valence-corrected chi connectivity index (χ0v) is 30.3. The van der Waals surface area contributed by atoms with Crippen molar-refractivity contribution in [1.82, 2.24) is 0 Å². The van der Waals surface area contributed by atoms with Gasteiger partial charge >= 0.3 is 13.8 Å². The molecule has 0 spiro atoms. The van der Waals surface area contributed by atoms with Crippen LogP contribution in [0.1, 0.15) is 194 Å². The average molecular weight is 661 g/mol. The Bertz CT molecular complexity index is 709. The van der Waals surface area contributed by atoms with Crippen LogP contribution in [0.2, 0.25) is 0 Å². The van der Waals surface area contributed by atoms with Crippen molar-refractivity contribution in [2.45, 2.75) is 200 Å². The SMILES string of the molecule is CCCCCCCC/C=C\CCCCCCC(CCCCCCCCCCCCCCCC)C(=O)OCC(O)COP(=O)(O)O. The van der Waals surface area contributed by atoms with Crippen molar-refractivity contribution < 1.29 is 33.5 Å². The van der Waals surface area contributed by atoms with Crippen molar-refractivity contribution in [2.24, 2.45) is 5.92 Å². The molecule has 0 aliphatic carbocycles. The number of aliphatic hydroxyl groups excluding tert-OH is 1. The molecule has 0 aliphatic heterocycles. The number of carbonyl (C=O) groups excluding carboxylic acids is 1. The minimum Gasteiger partial charge on any atom is -0.463 e. The van der Waals surface area contributed by atoms with E-state index in [4.69, 9.17) is 14.5 Å². The van der Waals surface area contributed by atoms with Crippen molar-refractivity contribution in [3.8, 4) is 0 Å². The highest BCUT2D eigenvalue weighted by Gasteiger charge is 2.22. The molecule has 0 amide bonds. The molecule has 0 saturated heterocycles. The first-order chi connectivity index (χ1) is 21.8. The third-order valence-electron chi connectivity index (χ3n) is 8.66. The minimum absolute atomic E-state index is 0.200. The van der Waals surface area contributed by atoms with Gasteiger partial charge in [0.25, 0.3) is 0 Å². The molecule has 2 atom stereocenters. The second kappa shape index (κ2) is 33.2. The van der Waals surface area contributed by atoms with E-state index in [-0.39, 0.29) is 18.5 Å². The minimum atomic E-state index is -4.67. The van der Waals surface area contributed by atoms with Gasteiger partial charge in [-0.15, -0.1) is 0 Å². The van der Waals surface area contributed by atoms with Gasteiger partial charge in [-0.25, -0.2) is 4.57 Å². The lowest BCUT2D eigenvalue weighted by molar-refractivity contribution is -0.152. The molecule has 0 fully saturated rings. The molecule has 8 heteroatoms. The maximum Gasteiger partial charge on any atom is 0.469 e. The van der Waals surface area contributed by atoms with Crippen LogP contribution < -0.4 is 0 Å². The van der Waals surface area contributed by atoms with Crippen molar-refractivity contribution in [1.29, 1.82) is 0 Å². The molecule has 0 rings (SSSR count). The van der Waals surface area contributed by atoms with Gasteiger partial charge in [0, 0.05) is 0 Å². The molecular weight excluding hydrogens is 587 g/mol. The van der Waals surface area contributed by atoms with Crippen LogP contribution in [0.4, 0.5) is 0 Å². The van der Waals surface area contributed by atoms with Gasteiger partial charge in [-0.1, -0.05) is 167 Å². The van der Waals surface area contributed by atoms with Crippen LogP contribution in [0.15, 0.2) is 12.2 Å². The zero-order valence-electron chi connectivity index (χ0n) is 29.4. The number of ether oxygens (including phenoxy) is 1. The van der Waals surface area contributed by atoms with E-state index in [1.165, 1.54) is 128 Å². The fourth-order valence-electron chi connectivity index (χ4n) is 5.78. The maximum absolute atomic E-state index is 12.8. The van der Waals surface area contributed by atoms with E-state index in [1.54, 1.807) is 0 Å². The van der Waals surface area contributed by atoms with E-state index in [9.17, 15) is 14.5 Å². The second-order valence-electron chi connectivity index (χ2n) is 13.2. The second-order valence-corrected chi connectivity index (χ2v) is 14.4. The van der Waals surface area contributed by atoms with E-state index < -0.39 is 20.5 Å². The van der Waals surface area contributed by atoms with Crippen LogP contribution >= 0.6 is 7.82 Å². The molecule has 0 aromatic carbocycles. The van der Waals surface area contributed by atoms with E-state index in [0.717, 1.165) is 51.4 Å². The van der Waals surface area contributed by atoms with Crippen LogP contribution in [-0.2, 0) is 18.6 Å². The Morgan fingerprint density at radius 2 is 0.933 bits per heavy atom. The zero-order chi connectivity index (χ0) is 33.3. The van der Waals surface area contributed by atoms with E-state index >= 15 is 0 Å². The lowest BCUT2D eigenvalue weighted by Crippen LogP contribution is -2.26. The molecule has 0 aromatic heterocycles. The lowest BCUT2D eigenvalue weighted by atomic mass is 9.94. The third kappa shape index (κ3) is 34.4. The first-order valence-corrected chi connectivity index (χ1v) is 20.5. The number of unbranched alkanes of at least 4 members (excludes halogenated alkanes) is 23. The number of esters is 1. The number of phosphoric acid groups is 1. The van der Waals surface area contributed by atoms with Crippen molar-refractivity contribution in [3.05, 3.63) is 12.2 Å². The Kier molecular flexibility index (Phi) is 32.7. The first kappa shape index (κ1) is 44.3. The molecule has 268 valence electrons. The number of allylic oxidation sites excluding steroid dienone is 2. The summed E-state index contributed by atoms with van der Waals surface area (Å²) in [6, 6.07) is 0. The summed E-state index contributed by atoms with van der Waals surface area (Å²) in [6.45, 7) is 3.62. The maximum atomic E-state index is 12.8. The van der Waals surface area contributed by atoms with Gasteiger partial charge in [0.05, 0.1) is 12.5 Å². The first-order valence-electron chi connectivity index (χ1n) is 19.0. The van der Waals surface area contributed by atoms with Gasteiger partial charge in [-0.3, -0.25) is 9.32 Å². The summed E-state index contributed by atoms with van der Waals surface area (Å²) in [4.78, 5) is 30.5. The molecule has 7 nitrogen and oxygen atoms in total. The Morgan fingerprint density at radius 1 is 0.578 bits per heavy atom. The quantitative estimate of drug-likeness (QED) is 0.0268. The van der Waals surface area contributed by atoms with E-state index in [2.05, 4.69) is 30.5 Å². The number of carbonyl (C=O) groups is 1. The summed E-state index contributed by atoms with van der Waals surface area (Å²) in [7, 11) is -4.67. The molecule has 3 N–H and O–H groups in total. The van der Waals surface area contributed by atoms with Gasteiger partial charge in [0.2, 0.25) is 0 Å². The summed E-state index contributed by atoms with van der Waals surface area (Å²) in [5.41, 5.74) is 0. The summed E-state index contributed by atoms with van der Waals surface area (Å²) >= 11 is 0. The molecule has 0 heterocycles. The fraction of sp³-hybridized carbons (Fsp3) is 0.919. The molecule has 2 unspecified atom stereocenters. The summed E-state index contributed by atoms with van der Waals surface area (Å²) < 4.78 is 20.5. The number of hydrogen-bond acceptors (Lipinski definition) is 5. The van der Waals surface area contributed by atoms with Crippen LogP contribution in [0.3, 0.4) is 0 Å². The van der Waals surface area contributed by atoms with Crippen molar-refractivity contribution in [3.63, 3.8) is 0 Å². The Hall–Kier alpha value is -0.720. The normalized spacial score (nSPS) is 13.4. The standard InChI is InChI=1S/C37H73O7P/c1-3-5-7-9-11-13-15-17-19-21-23-25-27-29-31-35(37(39)43-33-36(38)34-44-45(40,41)42)32-30-28-26-24-22-20-18-16-14-12-10-8-6-4-2/h17,19,35-36,38H,3-16,18,20-34H2,1-2H3,(H2,40,41,42)/b19-17-. The van der Waals surface area contributed by atoms with Crippen LogP contribution in [0, 0.1) is 5.92 Å². The van der Waals surface area contributed by atoms with Crippen molar-refractivity contribution >= 4 is 13.8 Å². The van der Waals surface area contributed by atoms with Crippen LogP contribution in [0.5, 0.6) is 0 Å². The molecular formula is C37H73O7P. The highest BCUT2D eigenvalue weighted by atomic mass is 31.2. The van der Waals surface area contributed by atoms with Gasteiger partial charge in [0.1, 0.15) is 12.7 Å². The molecule has 0 radical (unpaired) electrons. The predicted molar refractivity (Wildman–Crippen MR) is 188 cm³/mol. The van der Waals surface area contributed by atoms with Crippen molar-refractivity contribution in [2.75, 3.05) is 13.2 Å². The largest absolute Gasteiger partial charge is 0.469 e. The van der Waals surface area contributed by atoms with Gasteiger partial charge < -0.3 is 19.6 Å². The molecule has 0 aliphatic rings. The van der Waals surface area contributed by atoms with E-state index in [0.29, 0.717) is 0 Å². The molecule has 0 aromatic rings. The monoisotopic (exact) mass is 661 g/mol. The average Bonchev–Trinajstić information content (AvgIpc) is 3.01. The number of rotatable bonds is 35. The Balaban J connectivity index is 4.19. The smallest absolute Gasteiger partial charge is 0.463 e. The van der Waals surface area contributed by atoms with Crippen LogP contribution in [-0.4, -0.2) is 40.2 Å². The highest BCUT2D eigenvalue weighted by Crippen LogP contribution is 2.35.